The van der Waals surface area contributed by atoms with Gasteiger partial charge in [0.25, 0.3) is 0 Å². The Hall–Kier alpha value is -3.69. The molecule has 6 aliphatic rings. The number of allylic oxidation sites excluding steroid dienone is 4. The van der Waals surface area contributed by atoms with Gasteiger partial charge in [0.1, 0.15) is 28.4 Å². The van der Waals surface area contributed by atoms with Gasteiger partial charge in [-0.2, -0.15) is 0 Å². The molecular weight excluding hydrogens is 612 g/mol. The van der Waals surface area contributed by atoms with Crippen LogP contribution in [0.2, 0.25) is 0 Å². The molecule has 3 aliphatic heterocycles. The first kappa shape index (κ1) is 34.2. The van der Waals surface area contributed by atoms with E-state index in [1.807, 2.05) is 52.8 Å². The molecular formula is C39H48O9. The summed E-state index contributed by atoms with van der Waals surface area (Å²) in [5, 5.41) is 21.6. The van der Waals surface area contributed by atoms with Crippen LogP contribution in [-0.4, -0.2) is 63.4 Å². The molecule has 4 fully saturated rings. The molecule has 4 bridgehead atoms. The summed E-state index contributed by atoms with van der Waals surface area (Å²) < 4.78 is 26.8. The Kier molecular flexibility index (Phi) is 8.15. The fourth-order valence-electron chi connectivity index (χ4n) is 9.04. The Morgan fingerprint density at radius 3 is 2.33 bits per heavy atom. The quantitative estimate of drug-likeness (QED) is 0.214. The minimum Gasteiger partial charge on any atom is -0.506 e. The maximum atomic E-state index is 15.1. The van der Waals surface area contributed by atoms with E-state index < -0.39 is 52.2 Å². The number of rotatable bonds is 9. The Morgan fingerprint density at radius 2 is 1.71 bits per heavy atom. The molecule has 3 saturated carbocycles. The van der Waals surface area contributed by atoms with Crippen LogP contribution >= 0.6 is 0 Å². The second-order valence-corrected chi connectivity index (χ2v) is 15.5. The standard InChI is InChI=1S/C39H48O9/c1-20(2)11-10-16-37(8)17-15-23-29(40)27-30(41)28-33(45-9)25-19-26-36(6,7)48-38(34(25)42,18-14-22(5)35(43)44)39(26,28)47-32(27)24(31(23)46-37)13-12-21(3)4/h11-12,14-15,17,25-26,28,33,40H,10,13,16,18-19H2,1-9H3,(H,43,44). The molecule has 3 heterocycles. The highest BCUT2D eigenvalue weighted by Gasteiger charge is 2.85. The summed E-state index contributed by atoms with van der Waals surface area (Å²) in [5.74, 6) is -3.41. The Morgan fingerprint density at radius 1 is 1.02 bits per heavy atom. The molecule has 1 saturated heterocycles. The lowest BCUT2D eigenvalue weighted by atomic mass is 9.45. The smallest absolute Gasteiger partial charge is 0.330 e. The maximum Gasteiger partial charge on any atom is 0.330 e. The van der Waals surface area contributed by atoms with Crippen molar-refractivity contribution in [1.82, 2.24) is 0 Å². The molecule has 0 aromatic heterocycles. The monoisotopic (exact) mass is 660 g/mol. The number of methoxy groups -OCH3 is 1. The van der Waals surface area contributed by atoms with E-state index in [0.717, 1.165) is 12.0 Å². The minimum atomic E-state index is -1.66. The first-order chi connectivity index (χ1) is 22.4. The van der Waals surface area contributed by atoms with Crippen molar-refractivity contribution in [2.45, 2.75) is 116 Å². The third-order valence-electron chi connectivity index (χ3n) is 11.3. The van der Waals surface area contributed by atoms with Crippen molar-refractivity contribution in [2.75, 3.05) is 7.11 Å². The van der Waals surface area contributed by atoms with Crippen molar-refractivity contribution in [3.8, 4) is 17.2 Å². The zero-order valence-corrected chi connectivity index (χ0v) is 29.5. The van der Waals surface area contributed by atoms with Gasteiger partial charge in [-0.15, -0.1) is 0 Å². The summed E-state index contributed by atoms with van der Waals surface area (Å²) in [7, 11) is 1.49. The van der Waals surface area contributed by atoms with Crippen LogP contribution < -0.4 is 9.47 Å². The van der Waals surface area contributed by atoms with Crippen LogP contribution in [0.15, 0.2) is 41.0 Å². The van der Waals surface area contributed by atoms with Gasteiger partial charge in [-0.25, -0.2) is 4.79 Å². The molecule has 0 radical (unpaired) electrons. The number of benzene rings is 1. The second-order valence-electron chi connectivity index (χ2n) is 15.5. The third-order valence-corrected chi connectivity index (χ3v) is 11.3. The van der Waals surface area contributed by atoms with E-state index in [-0.39, 0.29) is 40.6 Å². The summed E-state index contributed by atoms with van der Waals surface area (Å²) in [5.41, 5.74) is -1.39. The average Bonchev–Trinajstić information content (AvgIpc) is 3.14. The lowest BCUT2D eigenvalue weighted by molar-refractivity contribution is -0.224. The average molecular weight is 661 g/mol. The van der Waals surface area contributed by atoms with Crippen LogP contribution in [0.3, 0.4) is 0 Å². The zero-order chi connectivity index (χ0) is 35.1. The van der Waals surface area contributed by atoms with E-state index in [1.54, 1.807) is 0 Å². The summed E-state index contributed by atoms with van der Waals surface area (Å²) in [6.45, 7) is 15.4. The highest BCUT2D eigenvalue weighted by atomic mass is 16.6. The summed E-state index contributed by atoms with van der Waals surface area (Å²) in [4.78, 5) is 41.6. The highest BCUT2D eigenvalue weighted by molar-refractivity contribution is 6.10. The molecule has 1 aromatic carbocycles. The highest BCUT2D eigenvalue weighted by Crippen LogP contribution is 2.70. The van der Waals surface area contributed by atoms with Crippen LogP contribution in [-0.2, 0) is 25.5 Å². The normalized spacial score (nSPS) is 33.6. The molecule has 0 amide bonds. The van der Waals surface area contributed by atoms with Crippen LogP contribution in [0.5, 0.6) is 17.2 Å². The van der Waals surface area contributed by atoms with Gasteiger partial charge >= 0.3 is 5.97 Å². The van der Waals surface area contributed by atoms with E-state index >= 15 is 4.79 Å². The largest absolute Gasteiger partial charge is 0.506 e. The molecule has 3 aliphatic carbocycles. The summed E-state index contributed by atoms with van der Waals surface area (Å²) >= 11 is 0. The van der Waals surface area contributed by atoms with E-state index in [0.29, 0.717) is 36.1 Å². The molecule has 48 heavy (non-hydrogen) atoms. The first-order valence-corrected chi connectivity index (χ1v) is 16.9. The number of phenolic OH excluding ortho intramolecular Hbond substituents is 1. The third kappa shape index (κ3) is 4.75. The SMILES string of the molecule is COC1C2CC3C(C)(C)OC(CC=C(C)C(=O)O)(C2=O)C32Oc3c(CC=C(C)C)c4c(c(O)c3C(=O)C12)C=CC(C)(CCC=C(C)C)O4. The Balaban J connectivity index is 1.61. The molecule has 2 N–H and O–H groups in total. The number of hydrogen-bond donors (Lipinski definition) is 2. The number of ketones is 2. The topological polar surface area (TPSA) is 129 Å². The van der Waals surface area contributed by atoms with Crippen molar-refractivity contribution in [2.24, 2.45) is 17.8 Å². The van der Waals surface area contributed by atoms with E-state index in [9.17, 15) is 19.8 Å². The molecule has 9 heteroatoms. The number of carbonyl (C=O) groups is 3. The molecule has 7 atom stereocenters. The lowest BCUT2D eigenvalue weighted by Gasteiger charge is -2.62. The van der Waals surface area contributed by atoms with E-state index in [1.165, 1.54) is 25.7 Å². The number of Topliss-reactive ketones (excluding diaryl/α,β-unsaturated/α-hetero) is 2. The van der Waals surface area contributed by atoms with Crippen molar-refractivity contribution in [1.29, 1.82) is 0 Å². The minimum absolute atomic E-state index is 0.0505. The number of carboxylic acid groups (broad SMARTS) is 1. The Labute approximate surface area is 282 Å². The number of aliphatic carboxylic acids is 1. The van der Waals surface area contributed by atoms with Gasteiger partial charge in [-0.3, -0.25) is 9.59 Å². The number of aromatic hydroxyl groups is 1. The van der Waals surface area contributed by atoms with Crippen molar-refractivity contribution < 1.29 is 43.5 Å². The van der Waals surface area contributed by atoms with Gasteiger partial charge in [-0.05, 0) is 93.2 Å². The predicted molar refractivity (Wildman–Crippen MR) is 180 cm³/mol. The zero-order valence-electron chi connectivity index (χ0n) is 29.5. The lowest BCUT2D eigenvalue weighted by Crippen LogP contribution is -2.80. The first-order valence-electron chi connectivity index (χ1n) is 16.9. The molecule has 7 unspecified atom stereocenters. The molecule has 258 valence electrons. The van der Waals surface area contributed by atoms with Gasteiger partial charge < -0.3 is 29.2 Å². The predicted octanol–water partition coefficient (Wildman–Crippen LogP) is 6.94. The molecule has 9 nitrogen and oxygen atoms in total. The van der Waals surface area contributed by atoms with Crippen molar-refractivity contribution in [3.63, 3.8) is 0 Å². The molecule has 1 aromatic rings. The number of phenols is 1. The van der Waals surface area contributed by atoms with Crippen LogP contribution in [0.4, 0.5) is 0 Å². The van der Waals surface area contributed by atoms with Gasteiger partial charge in [0.15, 0.2) is 22.8 Å². The maximum absolute atomic E-state index is 15.1. The van der Waals surface area contributed by atoms with E-state index in [2.05, 4.69) is 19.9 Å². The number of carbonyl (C=O) groups excluding carboxylic acids is 2. The van der Waals surface area contributed by atoms with Gasteiger partial charge in [-0.1, -0.05) is 29.4 Å². The fourth-order valence-corrected chi connectivity index (χ4v) is 9.04. The molecule has 7 rings (SSSR count). The van der Waals surface area contributed by atoms with Gasteiger partial charge in [0, 0.05) is 36.5 Å². The number of fused-ring (bicyclic) bond motifs is 2. The van der Waals surface area contributed by atoms with Crippen molar-refractivity contribution in [3.05, 3.63) is 57.7 Å². The fraction of sp³-hybridized carbons (Fsp3) is 0.564. The summed E-state index contributed by atoms with van der Waals surface area (Å²) in [6, 6.07) is 0. The van der Waals surface area contributed by atoms with Crippen molar-refractivity contribution >= 4 is 23.6 Å². The molecule has 1 spiro atoms. The number of carboxylic acids is 1. The van der Waals surface area contributed by atoms with Crippen LogP contribution in [0, 0.1) is 17.8 Å². The summed E-state index contributed by atoms with van der Waals surface area (Å²) in [6.07, 6.45) is 10.8. The Bertz CT molecular complexity index is 1720. The number of hydrogen-bond acceptors (Lipinski definition) is 8. The van der Waals surface area contributed by atoms with Crippen LogP contribution in [0.1, 0.15) is 103 Å². The second kappa shape index (κ2) is 11.4. The van der Waals surface area contributed by atoms with Gasteiger partial charge in [0.05, 0.1) is 23.2 Å². The van der Waals surface area contributed by atoms with E-state index in [4.69, 9.17) is 18.9 Å². The number of ether oxygens (including phenoxy) is 4. The van der Waals surface area contributed by atoms with Crippen LogP contribution in [0.25, 0.3) is 6.08 Å². The van der Waals surface area contributed by atoms with Gasteiger partial charge in [0.2, 0.25) is 0 Å².